The van der Waals surface area contributed by atoms with E-state index in [1.54, 1.807) is 37.6 Å². The Balaban J connectivity index is 1.64. The van der Waals surface area contributed by atoms with Gasteiger partial charge in [-0.2, -0.15) is 5.10 Å². The normalized spacial score (nSPS) is 17.2. The van der Waals surface area contributed by atoms with Crippen molar-refractivity contribution >= 4 is 17.5 Å². The van der Waals surface area contributed by atoms with E-state index in [9.17, 15) is 9.59 Å². The first-order valence-electron chi connectivity index (χ1n) is 9.96. The summed E-state index contributed by atoms with van der Waals surface area (Å²) in [7, 11) is 1.59. The average molecular weight is 399 g/mol. The molecule has 3 rings (SSSR count). The summed E-state index contributed by atoms with van der Waals surface area (Å²) >= 11 is 0. The van der Waals surface area contributed by atoms with Gasteiger partial charge in [-0.1, -0.05) is 0 Å². The zero-order valence-electron chi connectivity index (χ0n) is 17.2. The van der Waals surface area contributed by atoms with Gasteiger partial charge in [0.05, 0.1) is 31.2 Å². The second kappa shape index (κ2) is 9.56. The second-order valence-corrected chi connectivity index (χ2v) is 7.68. The van der Waals surface area contributed by atoms with E-state index >= 15 is 0 Å². The lowest BCUT2D eigenvalue weighted by Gasteiger charge is -2.32. The topological polar surface area (TPSA) is 99.3 Å². The van der Waals surface area contributed by atoms with Crippen LogP contribution in [-0.4, -0.2) is 59.7 Å². The van der Waals surface area contributed by atoms with Crippen LogP contribution >= 0.6 is 0 Å². The zero-order chi connectivity index (χ0) is 20.8. The number of likely N-dealkylation sites (tertiary alicyclic amines) is 1. The number of ether oxygens (including phenoxy) is 1. The molecule has 0 aliphatic carbocycles. The van der Waals surface area contributed by atoms with Crippen molar-refractivity contribution in [1.29, 1.82) is 0 Å². The van der Waals surface area contributed by atoms with Gasteiger partial charge in [0.25, 0.3) is 5.91 Å². The lowest BCUT2D eigenvalue weighted by molar-refractivity contribution is -0.123. The van der Waals surface area contributed by atoms with Crippen LogP contribution in [0.4, 0.5) is 5.69 Å². The number of H-pyrrole nitrogens is 1. The van der Waals surface area contributed by atoms with E-state index < -0.39 is 0 Å². The van der Waals surface area contributed by atoms with Gasteiger partial charge in [-0.25, -0.2) is 0 Å². The van der Waals surface area contributed by atoms with Crippen molar-refractivity contribution in [3.05, 3.63) is 41.7 Å². The lowest BCUT2D eigenvalue weighted by Crippen LogP contribution is -2.43. The van der Waals surface area contributed by atoms with Gasteiger partial charge in [0.2, 0.25) is 5.91 Å². The maximum atomic E-state index is 12.6. The van der Waals surface area contributed by atoms with Crippen LogP contribution in [0.5, 0.6) is 5.75 Å². The quantitative estimate of drug-likeness (QED) is 0.664. The minimum Gasteiger partial charge on any atom is -0.497 e. The molecular formula is C21H29N5O3. The number of hydrogen-bond acceptors (Lipinski definition) is 5. The second-order valence-electron chi connectivity index (χ2n) is 7.68. The average Bonchev–Trinajstić information content (AvgIpc) is 3.15. The highest BCUT2D eigenvalue weighted by atomic mass is 16.5. The van der Waals surface area contributed by atoms with Gasteiger partial charge in [0.1, 0.15) is 5.75 Å². The Kier molecular flexibility index (Phi) is 6.87. The van der Waals surface area contributed by atoms with E-state index in [0.717, 1.165) is 31.6 Å². The monoisotopic (exact) mass is 399 g/mol. The Morgan fingerprint density at radius 1 is 1.31 bits per heavy atom. The van der Waals surface area contributed by atoms with Crippen molar-refractivity contribution in [2.24, 2.45) is 0 Å². The van der Waals surface area contributed by atoms with Crippen LogP contribution in [0.1, 0.15) is 48.7 Å². The third kappa shape index (κ3) is 5.57. The van der Waals surface area contributed by atoms with E-state index in [4.69, 9.17) is 4.74 Å². The number of anilines is 1. The standard InChI is InChI=1S/C21H29N5O3/c1-14(2)23-19(27)13-26-10-4-5-16(12-26)20-18(11-22-25-20)24-21(28)15-6-8-17(29-3)9-7-15/h6-9,11,14,16H,4-5,10,12-13H2,1-3H3,(H,22,25)(H,23,27)(H,24,28)/t16-/m1/s1. The molecule has 1 aliphatic heterocycles. The van der Waals surface area contributed by atoms with E-state index in [-0.39, 0.29) is 23.8 Å². The molecule has 8 heteroatoms. The summed E-state index contributed by atoms with van der Waals surface area (Å²) in [4.78, 5) is 26.8. The van der Waals surface area contributed by atoms with E-state index in [2.05, 4.69) is 25.7 Å². The molecule has 2 aromatic rings. The molecule has 0 radical (unpaired) electrons. The maximum absolute atomic E-state index is 12.6. The summed E-state index contributed by atoms with van der Waals surface area (Å²) in [6.07, 6.45) is 3.61. The van der Waals surface area contributed by atoms with Crippen molar-refractivity contribution in [2.75, 3.05) is 32.1 Å². The highest BCUT2D eigenvalue weighted by molar-refractivity contribution is 6.04. The van der Waals surface area contributed by atoms with Gasteiger partial charge < -0.3 is 15.4 Å². The summed E-state index contributed by atoms with van der Waals surface area (Å²) in [5.74, 6) is 0.733. The molecule has 1 aromatic carbocycles. The highest BCUT2D eigenvalue weighted by Crippen LogP contribution is 2.30. The van der Waals surface area contributed by atoms with E-state index in [1.165, 1.54) is 0 Å². The predicted octanol–water partition coefficient (Wildman–Crippen LogP) is 2.37. The largest absolute Gasteiger partial charge is 0.497 e. The minimum atomic E-state index is -0.195. The summed E-state index contributed by atoms with van der Waals surface area (Å²) in [6, 6.07) is 7.10. The SMILES string of the molecule is COc1ccc(C(=O)Nc2cn[nH]c2[C@@H]2CCCN(CC(=O)NC(C)C)C2)cc1. The fraction of sp³-hybridized carbons (Fsp3) is 0.476. The van der Waals surface area contributed by atoms with Crippen molar-refractivity contribution in [2.45, 2.75) is 38.6 Å². The molecular weight excluding hydrogens is 370 g/mol. The van der Waals surface area contributed by atoms with Crippen LogP contribution in [0.3, 0.4) is 0 Å². The first kappa shape index (κ1) is 20.9. The minimum absolute atomic E-state index is 0.0401. The number of benzene rings is 1. The molecule has 1 aliphatic rings. The van der Waals surface area contributed by atoms with E-state index in [1.807, 2.05) is 13.8 Å². The first-order chi connectivity index (χ1) is 14.0. The molecule has 1 fully saturated rings. The Morgan fingerprint density at radius 3 is 2.76 bits per heavy atom. The predicted molar refractivity (Wildman–Crippen MR) is 111 cm³/mol. The molecule has 0 bridgehead atoms. The number of nitrogens with zero attached hydrogens (tertiary/aromatic N) is 2. The summed E-state index contributed by atoms with van der Waals surface area (Å²) < 4.78 is 5.13. The zero-order valence-corrected chi connectivity index (χ0v) is 17.2. The molecule has 0 spiro atoms. The molecule has 1 atom stereocenters. The summed E-state index contributed by atoms with van der Waals surface area (Å²) in [5.41, 5.74) is 2.14. The van der Waals surface area contributed by atoms with Crippen LogP contribution in [-0.2, 0) is 4.79 Å². The number of methoxy groups -OCH3 is 1. The summed E-state index contributed by atoms with van der Waals surface area (Å²) in [6.45, 7) is 5.94. The van der Waals surface area contributed by atoms with Gasteiger partial charge >= 0.3 is 0 Å². The van der Waals surface area contributed by atoms with Gasteiger partial charge in [0, 0.05) is 24.1 Å². The maximum Gasteiger partial charge on any atom is 0.255 e. The van der Waals surface area contributed by atoms with Gasteiger partial charge in [-0.15, -0.1) is 0 Å². The molecule has 0 saturated carbocycles. The number of aromatic nitrogens is 2. The number of aromatic amines is 1. The van der Waals surface area contributed by atoms with E-state index in [0.29, 0.717) is 23.5 Å². The Labute approximate surface area is 171 Å². The van der Waals surface area contributed by atoms with Crippen molar-refractivity contribution in [3.63, 3.8) is 0 Å². The van der Waals surface area contributed by atoms with Gasteiger partial charge in [-0.3, -0.25) is 19.6 Å². The van der Waals surface area contributed by atoms with Crippen LogP contribution in [0, 0.1) is 0 Å². The number of nitrogens with one attached hydrogen (secondary N) is 3. The number of amides is 2. The fourth-order valence-corrected chi connectivity index (χ4v) is 3.65. The van der Waals surface area contributed by atoms with Crippen LogP contribution < -0.4 is 15.4 Å². The highest BCUT2D eigenvalue weighted by Gasteiger charge is 2.26. The number of carbonyl (C=O) groups excluding carboxylic acids is 2. The lowest BCUT2D eigenvalue weighted by atomic mass is 9.94. The van der Waals surface area contributed by atoms with Crippen LogP contribution in [0.15, 0.2) is 30.5 Å². The van der Waals surface area contributed by atoms with Crippen LogP contribution in [0.2, 0.25) is 0 Å². The molecule has 29 heavy (non-hydrogen) atoms. The van der Waals surface area contributed by atoms with Crippen molar-refractivity contribution in [3.8, 4) is 5.75 Å². The van der Waals surface area contributed by atoms with Gasteiger partial charge in [0.15, 0.2) is 0 Å². The van der Waals surface area contributed by atoms with Gasteiger partial charge in [-0.05, 0) is 57.5 Å². The third-order valence-corrected chi connectivity index (χ3v) is 5.00. The molecule has 1 saturated heterocycles. The molecule has 0 unspecified atom stereocenters. The fourth-order valence-electron chi connectivity index (χ4n) is 3.65. The molecule has 1 aromatic heterocycles. The Morgan fingerprint density at radius 2 is 2.07 bits per heavy atom. The summed E-state index contributed by atoms with van der Waals surface area (Å²) in [5, 5.41) is 13.1. The first-order valence-corrected chi connectivity index (χ1v) is 9.96. The number of piperidine rings is 1. The Bertz CT molecular complexity index is 831. The molecule has 8 nitrogen and oxygen atoms in total. The third-order valence-electron chi connectivity index (χ3n) is 5.00. The van der Waals surface area contributed by atoms with Crippen molar-refractivity contribution in [1.82, 2.24) is 20.4 Å². The molecule has 156 valence electrons. The molecule has 2 heterocycles. The molecule has 3 N–H and O–H groups in total. The number of hydrogen-bond donors (Lipinski definition) is 3. The smallest absolute Gasteiger partial charge is 0.255 e. The number of rotatable bonds is 7. The van der Waals surface area contributed by atoms with Crippen molar-refractivity contribution < 1.29 is 14.3 Å². The van der Waals surface area contributed by atoms with Crippen LogP contribution in [0.25, 0.3) is 0 Å². The Hall–Kier alpha value is -2.87. The molecule has 2 amide bonds. The number of carbonyl (C=O) groups is 2.